The third kappa shape index (κ3) is 49.3. The lowest BCUT2D eigenvalue weighted by molar-refractivity contribution is -0.138. The van der Waals surface area contributed by atoms with Crippen LogP contribution in [0.25, 0.3) is 0 Å². The number of allylic oxidation sites excluding steroid dienone is 4. The molecule has 0 spiro atoms. The predicted octanol–water partition coefficient (Wildman–Crippen LogP) is 14.6. The van der Waals surface area contributed by atoms with Crippen LogP contribution in [0.4, 0.5) is 0 Å². The van der Waals surface area contributed by atoms with Crippen LogP contribution in [0, 0.1) is 0 Å². The molecule has 0 aliphatic rings. The highest BCUT2D eigenvalue weighted by Gasteiger charge is 1.98. The Bertz CT molecular complexity index is 654. The van der Waals surface area contributed by atoms with Crippen LogP contribution in [0.5, 0.6) is 0 Å². The highest BCUT2D eigenvalue weighted by atomic mass is 16.4. The van der Waals surface area contributed by atoms with Gasteiger partial charge in [-0.05, 0) is 44.9 Å². The molecule has 0 aliphatic heterocycles. The summed E-state index contributed by atoms with van der Waals surface area (Å²) in [5, 5.41) is 17.1. The maximum atomic E-state index is 10.4. The van der Waals surface area contributed by atoms with E-state index in [2.05, 4.69) is 38.2 Å². The minimum absolute atomic E-state index is 0.328. The van der Waals surface area contributed by atoms with E-state index in [1.165, 1.54) is 173 Å². The SMILES string of the molecule is CCCCCCC=CCC=CCCCCCCCCC(=O)O.CCCCCCCCCCCCCCCCCCCCCC(=O)O. The van der Waals surface area contributed by atoms with Crippen LogP contribution in [0.1, 0.15) is 232 Å². The van der Waals surface area contributed by atoms with Crippen molar-refractivity contribution in [1.29, 1.82) is 0 Å². The third-order valence-corrected chi connectivity index (χ3v) is 8.84. The van der Waals surface area contributed by atoms with E-state index in [1.54, 1.807) is 0 Å². The summed E-state index contributed by atoms with van der Waals surface area (Å²) < 4.78 is 0. The van der Waals surface area contributed by atoms with Crippen molar-refractivity contribution < 1.29 is 19.8 Å². The summed E-state index contributed by atoms with van der Waals surface area (Å²) in [6.45, 7) is 4.53. The van der Waals surface area contributed by atoms with Gasteiger partial charge in [0, 0.05) is 12.8 Å². The number of aliphatic carboxylic acids is 2. The first-order valence-corrected chi connectivity index (χ1v) is 20.3. The molecule has 0 aromatic rings. The topological polar surface area (TPSA) is 74.6 Å². The average Bonchev–Trinajstić information content (AvgIpc) is 3.03. The summed E-state index contributed by atoms with van der Waals surface area (Å²) in [6.07, 6.45) is 51.3. The average molecular weight is 649 g/mol. The summed E-state index contributed by atoms with van der Waals surface area (Å²) in [5.74, 6) is -1.32. The number of unbranched alkanes of at least 4 members (excludes halogenated alkanes) is 28. The minimum Gasteiger partial charge on any atom is -0.481 e. The molecule has 4 nitrogen and oxygen atoms in total. The summed E-state index contributed by atoms with van der Waals surface area (Å²) in [5.41, 5.74) is 0. The zero-order chi connectivity index (χ0) is 34.0. The summed E-state index contributed by atoms with van der Waals surface area (Å²) >= 11 is 0. The van der Waals surface area contributed by atoms with Crippen LogP contribution in [0.2, 0.25) is 0 Å². The van der Waals surface area contributed by atoms with E-state index in [4.69, 9.17) is 10.2 Å². The van der Waals surface area contributed by atoms with Crippen molar-refractivity contribution in [2.24, 2.45) is 0 Å². The predicted molar refractivity (Wildman–Crippen MR) is 202 cm³/mol. The van der Waals surface area contributed by atoms with Crippen LogP contribution >= 0.6 is 0 Å². The van der Waals surface area contributed by atoms with Crippen molar-refractivity contribution in [1.82, 2.24) is 0 Å². The number of hydrogen-bond acceptors (Lipinski definition) is 2. The lowest BCUT2D eigenvalue weighted by Gasteiger charge is -2.03. The van der Waals surface area contributed by atoms with Crippen molar-refractivity contribution >= 4 is 11.9 Å². The van der Waals surface area contributed by atoms with Crippen molar-refractivity contribution in [3.05, 3.63) is 24.3 Å². The number of hydrogen-bond donors (Lipinski definition) is 2. The molecular formula is C42H80O4. The molecule has 0 rings (SSSR count). The van der Waals surface area contributed by atoms with Gasteiger partial charge in [-0.2, -0.15) is 0 Å². The fraction of sp³-hybridized carbons (Fsp3) is 0.857. The van der Waals surface area contributed by atoms with E-state index in [0.29, 0.717) is 12.8 Å². The molecule has 0 aromatic heterocycles. The molecule has 0 atom stereocenters. The van der Waals surface area contributed by atoms with E-state index in [0.717, 1.165) is 32.1 Å². The quantitative estimate of drug-likeness (QED) is 0.0523. The first kappa shape index (κ1) is 46.5. The molecule has 0 fully saturated rings. The molecular weight excluding hydrogens is 568 g/mol. The van der Waals surface area contributed by atoms with Crippen molar-refractivity contribution in [2.75, 3.05) is 0 Å². The van der Waals surface area contributed by atoms with Gasteiger partial charge in [-0.3, -0.25) is 9.59 Å². The van der Waals surface area contributed by atoms with Crippen molar-refractivity contribution in [3.63, 3.8) is 0 Å². The van der Waals surface area contributed by atoms with Gasteiger partial charge in [0.05, 0.1) is 0 Å². The fourth-order valence-electron chi connectivity index (χ4n) is 5.80. The second-order valence-corrected chi connectivity index (χ2v) is 13.6. The van der Waals surface area contributed by atoms with Crippen molar-refractivity contribution in [3.8, 4) is 0 Å². The van der Waals surface area contributed by atoms with Crippen LogP contribution in [0.3, 0.4) is 0 Å². The summed E-state index contributed by atoms with van der Waals surface area (Å²) in [4.78, 5) is 20.7. The number of carboxylic acid groups (broad SMARTS) is 2. The highest BCUT2D eigenvalue weighted by molar-refractivity contribution is 5.66. The number of rotatable bonds is 36. The molecule has 272 valence electrons. The maximum Gasteiger partial charge on any atom is 0.303 e. The molecule has 0 unspecified atom stereocenters. The first-order valence-electron chi connectivity index (χ1n) is 20.3. The molecule has 0 amide bonds. The lowest BCUT2D eigenvalue weighted by atomic mass is 10.0. The Balaban J connectivity index is 0. The van der Waals surface area contributed by atoms with Gasteiger partial charge in [-0.15, -0.1) is 0 Å². The molecule has 0 aromatic carbocycles. The number of carboxylic acids is 2. The van der Waals surface area contributed by atoms with E-state index < -0.39 is 11.9 Å². The molecule has 0 heterocycles. The normalized spacial score (nSPS) is 11.3. The van der Waals surface area contributed by atoms with Crippen molar-refractivity contribution in [2.45, 2.75) is 232 Å². The maximum absolute atomic E-state index is 10.4. The molecule has 0 radical (unpaired) electrons. The third-order valence-electron chi connectivity index (χ3n) is 8.84. The smallest absolute Gasteiger partial charge is 0.303 e. The fourth-order valence-corrected chi connectivity index (χ4v) is 5.80. The second-order valence-electron chi connectivity index (χ2n) is 13.6. The van der Waals surface area contributed by atoms with E-state index in [9.17, 15) is 9.59 Å². The zero-order valence-electron chi connectivity index (χ0n) is 31.1. The summed E-state index contributed by atoms with van der Waals surface area (Å²) in [6, 6.07) is 0. The molecule has 4 heteroatoms. The Morgan fingerprint density at radius 3 is 0.870 bits per heavy atom. The van der Waals surface area contributed by atoms with E-state index >= 15 is 0 Å². The van der Waals surface area contributed by atoms with Crippen LogP contribution in [-0.4, -0.2) is 22.2 Å². The second kappa shape index (κ2) is 43.4. The number of carbonyl (C=O) groups is 2. The largest absolute Gasteiger partial charge is 0.481 e. The van der Waals surface area contributed by atoms with Gasteiger partial charge < -0.3 is 10.2 Å². The molecule has 0 aliphatic carbocycles. The Morgan fingerprint density at radius 1 is 0.348 bits per heavy atom. The standard InChI is InChI=1S/C22H44O2.C20H36O2/c1-2-3-4-5-6-7-8-9-10-11-12-13-14-15-16-17-18-19-20-21-22(23)24;1-2-3-4-5-6-7-8-9-10-11-12-13-14-15-16-17-18-19-20(21)22/h2-21H2,1H3,(H,23,24);7-8,10-11H,2-6,9,12-19H2,1H3,(H,21,22). The molecule has 0 bridgehead atoms. The Morgan fingerprint density at radius 2 is 0.587 bits per heavy atom. The van der Waals surface area contributed by atoms with Gasteiger partial charge in [0.15, 0.2) is 0 Å². The molecule has 46 heavy (non-hydrogen) atoms. The molecule has 2 N–H and O–H groups in total. The Hall–Kier alpha value is -1.58. The highest BCUT2D eigenvalue weighted by Crippen LogP contribution is 2.15. The van der Waals surface area contributed by atoms with Gasteiger partial charge in [0.25, 0.3) is 0 Å². The van der Waals surface area contributed by atoms with Crippen LogP contribution in [-0.2, 0) is 9.59 Å². The van der Waals surface area contributed by atoms with Crippen LogP contribution in [0.15, 0.2) is 24.3 Å². The first-order chi connectivity index (χ1) is 22.5. The van der Waals surface area contributed by atoms with Crippen LogP contribution < -0.4 is 0 Å². The van der Waals surface area contributed by atoms with E-state index in [-0.39, 0.29) is 0 Å². The zero-order valence-corrected chi connectivity index (χ0v) is 31.1. The lowest BCUT2D eigenvalue weighted by Crippen LogP contribution is -1.93. The minimum atomic E-state index is -0.667. The summed E-state index contributed by atoms with van der Waals surface area (Å²) in [7, 11) is 0. The monoisotopic (exact) mass is 649 g/mol. The Labute approximate surface area is 287 Å². The van der Waals surface area contributed by atoms with E-state index in [1.807, 2.05) is 0 Å². The van der Waals surface area contributed by atoms with Gasteiger partial charge in [-0.1, -0.05) is 199 Å². The van der Waals surface area contributed by atoms with Gasteiger partial charge in [-0.25, -0.2) is 0 Å². The van der Waals surface area contributed by atoms with Gasteiger partial charge in [0.2, 0.25) is 0 Å². The van der Waals surface area contributed by atoms with Gasteiger partial charge in [0.1, 0.15) is 0 Å². The Kier molecular flexibility index (Phi) is 43.9. The van der Waals surface area contributed by atoms with Gasteiger partial charge >= 0.3 is 11.9 Å². The molecule has 0 saturated heterocycles. The molecule has 0 saturated carbocycles.